The van der Waals surface area contributed by atoms with E-state index < -0.39 is 11.6 Å². The molecule has 0 fully saturated rings. The summed E-state index contributed by atoms with van der Waals surface area (Å²) in [5, 5.41) is 11.6. The molecule has 2 rings (SSSR count). The summed E-state index contributed by atoms with van der Waals surface area (Å²) in [6, 6.07) is 7.36. The van der Waals surface area contributed by atoms with E-state index in [0.29, 0.717) is 11.4 Å². The zero-order valence-corrected chi connectivity index (χ0v) is 10.4. The maximum absolute atomic E-state index is 13.1. The van der Waals surface area contributed by atoms with Gasteiger partial charge in [-0.05, 0) is 30.7 Å². The van der Waals surface area contributed by atoms with E-state index in [1.807, 2.05) is 13.0 Å². The Morgan fingerprint density at radius 2 is 2.21 bits per heavy atom. The molecule has 1 amide bonds. The van der Waals surface area contributed by atoms with E-state index in [1.165, 1.54) is 12.1 Å². The van der Waals surface area contributed by atoms with Gasteiger partial charge in [-0.3, -0.25) is 9.78 Å². The number of carbonyl (C=O) groups excluding carboxylic acids is 1. The molecule has 4 nitrogen and oxygen atoms in total. The number of aromatic nitrogens is 1. The van der Waals surface area contributed by atoms with E-state index in [1.54, 1.807) is 12.3 Å². The average Bonchev–Trinajstić information content (AvgIpc) is 2.37. The Morgan fingerprint density at radius 1 is 1.42 bits per heavy atom. The number of benzene rings is 1. The molecule has 0 unspecified atom stereocenters. The number of amides is 1. The van der Waals surface area contributed by atoms with E-state index in [4.69, 9.17) is 5.11 Å². The van der Waals surface area contributed by atoms with E-state index in [2.05, 4.69) is 10.3 Å². The lowest BCUT2D eigenvalue weighted by Gasteiger charge is -2.07. The van der Waals surface area contributed by atoms with Crippen LogP contribution in [0, 0.1) is 12.7 Å². The Balaban J connectivity index is 2.05. The molecule has 5 heteroatoms. The van der Waals surface area contributed by atoms with Gasteiger partial charge < -0.3 is 10.4 Å². The lowest BCUT2D eigenvalue weighted by Crippen LogP contribution is -2.15. The number of hydrogen-bond acceptors (Lipinski definition) is 3. The maximum atomic E-state index is 13.1. The fourth-order valence-electron chi connectivity index (χ4n) is 1.65. The molecule has 98 valence electrons. The molecule has 19 heavy (non-hydrogen) atoms. The number of carbonyl (C=O) groups is 1. The third-order valence-electron chi connectivity index (χ3n) is 2.68. The van der Waals surface area contributed by atoms with Gasteiger partial charge in [0, 0.05) is 18.0 Å². The van der Waals surface area contributed by atoms with Crippen molar-refractivity contribution in [2.45, 2.75) is 13.3 Å². The van der Waals surface area contributed by atoms with Gasteiger partial charge in [0.1, 0.15) is 0 Å². The minimum atomic E-state index is -0.771. The molecule has 0 spiro atoms. The highest BCUT2D eigenvalue weighted by molar-refractivity contribution is 5.92. The zero-order valence-electron chi connectivity index (χ0n) is 10.4. The predicted octanol–water partition coefficient (Wildman–Crippen LogP) is 2.42. The number of phenolic OH excluding ortho intramolecular Hbond substituents is 1. The smallest absolute Gasteiger partial charge is 0.230 e. The highest BCUT2D eigenvalue weighted by atomic mass is 19.1. The third-order valence-corrected chi connectivity index (χ3v) is 2.68. The van der Waals surface area contributed by atoms with Crippen LogP contribution in [0.25, 0.3) is 0 Å². The summed E-state index contributed by atoms with van der Waals surface area (Å²) in [5.41, 5.74) is 1.91. The van der Waals surface area contributed by atoms with Gasteiger partial charge >= 0.3 is 0 Å². The average molecular weight is 260 g/mol. The van der Waals surface area contributed by atoms with Crippen molar-refractivity contribution in [2.24, 2.45) is 0 Å². The van der Waals surface area contributed by atoms with Crippen molar-refractivity contribution >= 4 is 11.6 Å². The molecule has 2 aromatic rings. The van der Waals surface area contributed by atoms with Crippen LogP contribution < -0.4 is 5.32 Å². The zero-order chi connectivity index (χ0) is 13.8. The Labute approximate surface area is 109 Å². The molecule has 0 atom stereocenters. The summed E-state index contributed by atoms with van der Waals surface area (Å²) in [6.07, 6.45) is 1.74. The summed E-state index contributed by atoms with van der Waals surface area (Å²) in [5.74, 6) is -1.50. The van der Waals surface area contributed by atoms with Crippen molar-refractivity contribution < 1.29 is 14.3 Å². The predicted molar refractivity (Wildman–Crippen MR) is 69.4 cm³/mol. The van der Waals surface area contributed by atoms with E-state index in [9.17, 15) is 9.18 Å². The molecular weight excluding hydrogens is 247 g/mol. The second kappa shape index (κ2) is 5.48. The first-order valence-corrected chi connectivity index (χ1v) is 5.75. The second-order valence-electron chi connectivity index (χ2n) is 4.16. The number of pyridine rings is 1. The first kappa shape index (κ1) is 13.0. The fraction of sp³-hybridized carbons (Fsp3) is 0.143. The second-order valence-corrected chi connectivity index (χ2v) is 4.16. The van der Waals surface area contributed by atoms with Gasteiger partial charge in [0.25, 0.3) is 0 Å². The lowest BCUT2D eigenvalue weighted by molar-refractivity contribution is -0.115. The number of phenols is 1. The van der Waals surface area contributed by atoms with Gasteiger partial charge in [-0.15, -0.1) is 0 Å². The van der Waals surface area contributed by atoms with Crippen LogP contribution in [0.5, 0.6) is 5.75 Å². The molecule has 0 aliphatic rings. The highest BCUT2D eigenvalue weighted by Gasteiger charge is 2.08. The monoisotopic (exact) mass is 260 g/mol. The van der Waals surface area contributed by atoms with Gasteiger partial charge in [0.2, 0.25) is 5.91 Å². The molecule has 0 saturated heterocycles. The van der Waals surface area contributed by atoms with Gasteiger partial charge in [-0.1, -0.05) is 6.07 Å². The van der Waals surface area contributed by atoms with Crippen LogP contribution in [-0.4, -0.2) is 16.0 Å². The minimum absolute atomic E-state index is 0.120. The standard InChI is InChI=1S/C14H13FN2O2/c1-9-3-2-6-16-12(9)8-14(19)17-10-4-5-13(18)11(15)7-10/h2-7,18H,8H2,1H3,(H,17,19). The lowest BCUT2D eigenvalue weighted by atomic mass is 10.1. The summed E-state index contributed by atoms with van der Waals surface area (Å²) < 4.78 is 13.1. The Hall–Kier alpha value is -2.43. The van der Waals surface area contributed by atoms with Crippen LogP contribution in [-0.2, 0) is 11.2 Å². The van der Waals surface area contributed by atoms with Crippen LogP contribution in [0.15, 0.2) is 36.5 Å². The van der Waals surface area contributed by atoms with Crippen LogP contribution in [0.2, 0.25) is 0 Å². The Kier molecular flexibility index (Phi) is 3.75. The summed E-state index contributed by atoms with van der Waals surface area (Å²) in [7, 11) is 0. The SMILES string of the molecule is Cc1cccnc1CC(=O)Nc1ccc(O)c(F)c1. The van der Waals surface area contributed by atoms with E-state index in [0.717, 1.165) is 11.6 Å². The van der Waals surface area contributed by atoms with Crippen LogP contribution in [0.4, 0.5) is 10.1 Å². The van der Waals surface area contributed by atoms with E-state index >= 15 is 0 Å². The summed E-state index contributed by atoms with van der Waals surface area (Å²) in [4.78, 5) is 15.9. The van der Waals surface area contributed by atoms with Crippen LogP contribution >= 0.6 is 0 Å². The summed E-state index contributed by atoms with van der Waals surface area (Å²) in [6.45, 7) is 1.87. The van der Waals surface area contributed by atoms with Crippen LogP contribution in [0.1, 0.15) is 11.3 Å². The van der Waals surface area contributed by atoms with Gasteiger partial charge in [0.15, 0.2) is 11.6 Å². The van der Waals surface area contributed by atoms with Crippen molar-refractivity contribution in [2.75, 3.05) is 5.32 Å². The van der Waals surface area contributed by atoms with Crippen molar-refractivity contribution in [3.63, 3.8) is 0 Å². The van der Waals surface area contributed by atoms with Crippen LogP contribution in [0.3, 0.4) is 0 Å². The molecule has 1 aromatic heterocycles. The molecule has 0 radical (unpaired) electrons. The Bertz CT molecular complexity index is 614. The number of aryl methyl sites for hydroxylation is 1. The van der Waals surface area contributed by atoms with Crippen molar-refractivity contribution in [3.8, 4) is 5.75 Å². The van der Waals surface area contributed by atoms with Crippen molar-refractivity contribution in [1.29, 1.82) is 0 Å². The molecule has 1 heterocycles. The van der Waals surface area contributed by atoms with Gasteiger partial charge in [-0.25, -0.2) is 4.39 Å². The summed E-state index contributed by atoms with van der Waals surface area (Å²) >= 11 is 0. The minimum Gasteiger partial charge on any atom is -0.505 e. The number of rotatable bonds is 3. The first-order chi connectivity index (χ1) is 9.06. The molecule has 1 aromatic carbocycles. The normalized spacial score (nSPS) is 10.2. The topological polar surface area (TPSA) is 62.2 Å². The molecule has 0 bridgehead atoms. The molecule has 0 aliphatic carbocycles. The van der Waals surface area contributed by atoms with Crippen molar-refractivity contribution in [1.82, 2.24) is 4.98 Å². The maximum Gasteiger partial charge on any atom is 0.230 e. The first-order valence-electron chi connectivity index (χ1n) is 5.75. The fourth-order valence-corrected chi connectivity index (χ4v) is 1.65. The number of anilines is 1. The van der Waals surface area contributed by atoms with Crippen molar-refractivity contribution in [3.05, 3.63) is 53.6 Å². The largest absolute Gasteiger partial charge is 0.505 e. The number of aromatic hydroxyl groups is 1. The molecular formula is C14H13FN2O2. The molecule has 0 saturated carbocycles. The number of hydrogen-bond donors (Lipinski definition) is 2. The molecule has 0 aliphatic heterocycles. The number of halogens is 1. The number of nitrogens with zero attached hydrogens (tertiary/aromatic N) is 1. The highest BCUT2D eigenvalue weighted by Crippen LogP contribution is 2.19. The number of nitrogens with one attached hydrogen (secondary N) is 1. The quantitative estimate of drug-likeness (QED) is 0.833. The van der Waals surface area contributed by atoms with Gasteiger partial charge in [-0.2, -0.15) is 0 Å². The third kappa shape index (κ3) is 3.28. The van der Waals surface area contributed by atoms with Gasteiger partial charge in [0.05, 0.1) is 12.1 Å². The molecule has 2 N–H and O–H groups in total. The van der Waals surface area contributed by atoms with E-state index in [-0.39, 0.29) is 12.3 Å². The Morgan fingerprint density at radius 3 is 2.89 bits per heavy atom.